The first-order chi connectivity index (χ1) is 11.1. The monoisotopic (exact) mass is 311 g/mol. The van der Waals surface area contributed by atoms with Gasteiger partial charge in [0, 0.05) is 18.8 Å². The molecule has 2 aromatic rings. The lowest BCUT2D eigenvalue weighted by atomic mass is 9.92. The summed E-state index contributed by atoms with van der Waals surface area (Å²) in [5, 5.41) is 18.9. The SMILES string of the molecule is O=C(O)C(Cc1ccc(N2CCCC2)cc1)c1ccc(O)cc1. The number of carboxylic acids is 1. The first kappa shape index (κ1) is 15.4. The predicted octanol–water partition coefficient (Wildman–Crippen LogP) is 3.40. The number of hydrogen-bond donors (Lipinski definition) is 2. The summed E-state index contributed by atoms with van der Waals surface area (Å²) in [6.45, 7) is 2.20. The molecule has 0 aromatic heterocycles. The Morgan fingerprint density at radius 3 is 2.17 bits per heavy atom. The van der Waals surface area contributed by atoms with Gasteiger partial charge in [-0.1, -0.05) is 24.3 Å². The lowest BCUT2D eigenvalue weighted by Gasteiger charge is -2.18. The number of carbonyl (C=O) groups is 1. The van der Waals surface area contributed by atoms with E-state index in [0.717, 1.165) is 18.7 Å². The molecule has 1 atom stereocenters. The molecular weight excluding hydrogens is 290 g/mol. The quantitative estimate of drug-likeness (QED) is 0.888. The van der Waals surface area contributed by atoms with Gasteiger partial charge in [0.2, 0.25) is 0 Å². The zero-order valence-electron chi connectivity index (χ0n) is 13.0. The molecule has 3 rings (SSSR count). The molecule has 120 valence electrons. The minimum absolute atomic E-state index is 0.146. The Kier molecular flexibility index (Phi) is 4.51. The van der Waals surface area contributed by atoms with Crippen molar-refractivity contribution in [3.05, 3.63) is 59.7 Å². The molecule has 0 saturated carbocycles. The Morgan fingerprint density at radius 2 is 1.61 bits per heavy atom. The maximum atomic E-state index is 11.6. The van der Waals surface area contributed by atoms with Gasteiger partial charge in [0.1, 0.15) is 5.75 Å². The summed E-state index contributed by atoms with van der Waals surface area (Å²) in [7, 11) is 0. The third-order valence-corrected chi connectivity index (χ3v) is 4.44. The third kappa shape index (κ3) is 3.65. The van der Waals surface area contributed by atoms with Crippen LogP contribution in [0.3, 0.4) is 0 Å². The van der Waals surface area contributed by atoms with Crippen LogP contribution in [0.2, 0.25) is 0 Å². The fourth-order valence-electron chi connectivity index (χ4n) is 3.11. The first-order valence-electron chi connectivity index (χ1n) is 7.99. The van der Waals surface area contributed by atoms with E-state index in [9.17, 15) is 15.0 Å². The van der Waals surface area contributed by atoms with Crippen LogP contribution in [0.5, 0.6) is 5.75 Å². The normalized spacial score (nSPS) is 15.6. The van der Waals surface area contributed by atoms with Crippen LogP contribution < -0.4 is 4.90 Å². The first-order valence-corrected chi connectivity index (χ1v) is 7.99. The number of aliphatic carboxylic acids is 1. The molecule has 0 aliphatic carbocycles. The Balaban J connectivity index is 1.75. The molecule has 2 N–H and O–H groups in total. The van der Waals surface area contributed by atoms with E-state index in [4.69, 9.17) is 0 Å². The van der Waals surface area contributed by atoms with E-state index < -0.39 is 11.9 Å². The summed E-state index contributed by atoms with van der Waals surface area (Å²) in [6, 6.07) is 14.6. The van der Waals surface area contributed by atoms with Crippen LogP contribution in [0.4, 0.5) is 5.69 Å². The molecule has 4 nitrogen and oxygen atoms in total. The fourth-order valence-corrected chi connectivity index (χ4v) is 3.11. The minimum Gasteiger partial charge on any atom is -0.508 e. The number of nitrogens with zero attached hydrogens (tertiary/aromatic N) is 1. The highest BCUT2D eigenvalue weighted by atomic mass is 16.4. The summed E-state index contributed by atoms with van der Waals surface area (Å²) in [4.78, 5) is 14.0. The zero-order valence-corrected chi connectivity index (χ0v) is 13.0. The Bertz CT molecular complexity index is 658. The molecule has 0 radical (unpaired) electrons. The van der Waals surface area contributed by atoms with Crippen LogP contribution in [-0.4, -0.2) is 29.3 Å². The van der Waals surface area contributed by atoms with Crippen LogP contribution in [0.15, 0.2) is 48.5 Å². The van der Waals surface area contributed by atoms with Gasteiger partial charge in [-0.25, -0.2) is 0 Å². The van der Waals surface area contributed by atoms with Crippen molar-refractivity contribution in [1.82, 2.24) is 0 Å². The van der Waals surface area contributed by atoms with Crippen molar-refractivity contribution in [2.24, 2.45) is 0 Å². The van der Waals surface area contributed by atoms with E-state index in [2.05, 4.69) is 17.0 Å². The maximum absolute atomic E-state index is 11.6. The third-order valence-electron chi connectivity index (χ3n) is 4.44. The van der Waals surface area contributed by atoms with Gasteiger partial charge < -0.3 is 15.1 Å². The van der Waals surface area contributed by atoms with Crippen LogP contribution in [0.1, 0.15) is 29.9 Å². The highest BCUT2D eigenvalue weighted by Crippen LogP contribution is 2.25. The van der Waals surface area contributed by atoms with Gasteiger partial charge in [-0.3, -0.25) is 4.79 Å². The molecule has 1 unspecified atom stereocenters. The summed E-state index contributed by atoms with van der Waals surface area (Å²) >= 11 is 0. The molecule has 1 aliphatic rings. The number of aromatic hydroxyl groups is 1. The van der Waals surface area contributed by atoms with E-state index >= 15 is 0 Å². The Labute approximate surface area is 136 Å². The van der Waals surface area contributed by atoms with E-state index in [0.29, 0.717) is 12.0 Å². The van der Waals surface area contributed by atoms with Crippen molar-refractivity contribution in [3.63, 3.8) is 0 Å². The molecular formula is C19H21NO3. The van der Waals surface area contributed by atoms with Gasteiger partial charge in [0.25, 0.3) is 0 Å². The second kappa shape index (κ2) is 6.73. The van der Waals surface area contributed by atoms with E-state index in [1.165, 1.54) is 30.7 Å². The number of anilines is 1. The standard InChI is InChI=1S/C19H21NO3/c21-17-9-5-15(6-10-17)18(19(22)23)13-14-3-7-16(8-4-14)20-11-1-2-12-20/h3-10,18,21H,1-2,11-13H2,(H,22,23). The van der Waals surface area contributed by atoms with Crippen LogP contribution in [0, 0.1) is 0 Å². The van der Waals surface area contributed by atoms with Crippen molar-refractivity contribution >= 4 is 11.7 Å². The van der Waals surface area contributed by atoms with Gasteiger partial charge in [0.05, 0.1) is 5.92 Å². The zero-order chi connectivity index (χ0) is 16.2. The van der Waals surface area contributed by atoms with Crippen LogP contribution >= 0.6 is 0 Å². The average Bonchev–Trinajstić information content (AvgIpc) is 3.08. The molecule has 2 aromatic carbocycles. The van der Waals surface area contributed by atoms with Gasteiger partial charge >= 0.3 is 5.97 Å². The largest absolute Gasteiger partial charge is 0.508 e. The molecule has 1 heterocycles. The van der Waals surface area contributed by atoms with Crippen LogP contribution in [-0.2, 0) is 11.2 Å². The molecule has 1 fully saturated rings. The lowest BCUT2D eigenvalue weighted by Crippen LogP contribution is -2.17. The van der Waals surface area contributed by atoms with Crippen molar-refractivity contribution in [3.8, 4) is 5.75 Å². The lowest BCUT2D eigenvalue weighted by molar-refractivity contribution is -0.138. The minimum atomic E-state index is -0.848. The number of carboxylic acid groups (broad SMARTS) is 1. The topological polar surface area (TPSA) is 60.8 Å². The smallest absolute Gasteiger partial charge is 0.311 e. The molecule has 0 bridgehead atoms. The van der Waals surface area contributed by atoms with Gasteiger partial charge in [0.15, 0.2) is 0 Å². The number of phenols is 1. The average molecular weight is 311 g/mol. The molecule has 23 heavy (non-hydrogen) atoms. The van der Waals surface area contributed by atoms with E-state index in [1.54, 1.807) is 12.1 Å². The molecule has 1 aliphatic heterocycles. The molecule has 1 saturated heterocycles. The summed E-state index contributed by atoms with van der Waals surface area (Å²) < 4.78 is 0. The predicted molar refractivity (Wildman–Crippen MR) is 90.1 cm³/mol. The van der Waals surface area contributed by atoms with Gasteiger partial charge in [-0.15, -0.1) is 0 Å². The molecule has 4 heteroatoms. The Morgan fingerprint density at radius 1 is 1.00 bits per heavy atom. The second-order valence-corrected chi connectivity index (χ2v) is 6.05. The number of benzene rings is 2. The number of rotatable bonds is 5. The Hall–Kier alpha value is -2.49. The summed E-state index contributed by atoms with van der Waals surface area (Å²) in [5.74, 6) is -1.31. The summed E-state index contributed by atoms with van der Waals surface area (Å²) in [6.07, 6.45) is 2.92. The van der Waals surface area contributed by atoms with Gasteiger partial charge in [-0.05, 0) is 54.7 Å². The van der Waals surface area contributed by atoms with Crippen molar-refractivity contribution in [1.29, 1.82) is 0 Å². The van der Waals surface area contributed by atoms with E-state index in [-0.39, 0.29) is 5.75 Å². The molecule has 0 amide bonds. The molecule has 0 spiro atoms. The highest BCUT2D eigenvalue weighted by Gasteiger charge is 2.20. The number of phenolic OH excluding ortho intramolecular Hbond substituents is 1. The van der Waals surface area contributed by atoms with Gasteiger partial charge in [-0.2, -0.15) is 0 Å². The maximum Gasteiger partial charge on any atom is 0.311 e. The summed E-state index contributed by atoms with van der Waals surface area (Å²) in [5.41, 5.74) is 2.93. The number of hydrogen-bond acceptors (Lipinski definition) is 3. The van der Waals surface area contributed by atoms with E-state index in [1.807, 2.05) is 12.1 Å². The van der Waals surface area contributed by atoms with Crippen molar-refractivity contribution < 1.29 is 15.0 Å². The van der Waals surface area contributed by atoms with Crippen LogP contribution in [0.25, 0.3) is 0 Å². The second-order valence-electron chi connectivity index (χ2n) is 6.05. The fraction of sp³-hybridized carbons (Fsp3) is 0.316. The highest BCUT2D eigenvalue weighted by molar-refractivity contribution is 5.76. The van der Waals surface area contributed by atoms with Crippen molar-refractivity contribution in [2.45, 2.75) is 25.2 Å². The van der Waals surface area contributed by atoms with Crippen molar-refractivity contribution in [2.75, 3.05) is 18.0 Å².